The van der Waals surface area contributed by atoms with Gasteiger partial charge in [0.15, 0.2) is 21.3 Å². The average molecular weight is 475 g/mol. The van der Waals surface area contributed by atoms with Gasteiger partial charge in [0.05, 0.1) is 23.7 Å². The predicted molar refractivity (Wildman–Crippen MR) is 125 cm³/mol. The number of rotatable bonds is 5. The summed E-state index contributed by atoms with van der Waals surface area (Å²) in [7, 11) is -2.03. The zero-order valence-electron chi connectivity index (χ0n) is 18.0. The predicted octanol–water partition coefficient (Wildman–Crippen LogP) is 2.25. The molecule has 0 aliphatic heterocycles. The number of ether oxygens (including phenoxy) is 1. The van der Waals surface area contributed by atoms with Crippen LogP contribution in [0.3, 0.4) is 0 Å². The van der Waals surface area contributed by atoms with Crippen LogP contribution >= 0.6 is 0 Å². The number of hydrogen-bond acceptors (Lipinski definition) is 10. The third kappa shape index (κ3) is 3.79. The molecule has 3 heterocycles. The van der Waals surface area contributed by atoms with Crippen molar-refractivity contribution in [1.29, 1.82) is 0 Å². The van der Waals surface area contributed by atoms with Gasteiger partial charge in [-0.25, -0.2) is 23.4 Å². The van der Waals surface area contributed by atoms with Crippen molar-refractivity contribution in [3.8, 4) is 17.1 Å². The van der Waals surface area contributed by atoms with Gasteiger partial charge in [0.2, 0.25) is 5.95 Å². The quantitative estimate of drug-likeness (QED) is 0.402. The van der Waals surface area contributed by atoms with E-state index in [1.807, 2.05) is 0 Å². The summed E-state index contributed by atoms with van der Waals surface area (Å²) in [5, 5.41) is 7.94. The highest BCUT2D eigenvalue weighted by Gasteiger charge is 2.20. The Bertz CT molecular complexity index is 1720. The van der Waals surface area contributed by atoms with Crippen LogP contribution in [0.4, 0.5) is 11.6 Å². The van der Waals surface area contributed by atoms with Crippen LogP contribution in [-0.4, -0.2) is 51.3 Å². The fourth-order valence-electron chi connectivity index (χ4n) is 3.44. The van der Waals surface area contributed by atoms with E-state index in [4.69, 9.17) is 4.74 Å². The highest BCUT2D eigenvalue weighted by molar-refractivity contribution is 7.91. The van der Waals surface area contributed by atoms with Gasteiger partial charge in [-0.05, 0) is 36.4 Å². The molecule has 5 aromatic rings. The van der Waals surface area contributed by atoms with Crippen molar-refractivity contribution < 1.29 is 13.2 Å². The number of hydrogen-bond donors (Lipinski definition) is 1. The van der Waals surface area contributed by atoms with E-state index in [0.717, 1.165) is 6.26 Å². The second kappa shape index (κ2) is 8.15. The van der Waals surface area contributed by atoms with E-state index >= 15 is 0 Å². The Morgan fingerprint density at radius 1 is 1.03 bits per heavy atom. The van der Waals surface area contributed by atoms with Crippen LogP contribution in [0.2, 0.25) is 0 Å². The number of nitrogens with zero attached hydrogens (tertiary/aromatic N) is 6. The molecule has 0 atom stereocenters. The number of methoxy groups -OCH3 is 1. The highest BCUT2D eigenvalue weighted by Crippen LogP contribution is 2.29. The largest absolute Gasteiger partial charge is 0.497 e. The average Bonchev–Trinajstić information content (AvgIpc) is 3.18. The van der Waals surface area contributed by atoms with Gasteiger partial charge >= 0.3 is 0 Å². The molecule has 0 bridgehead atoms. The van der Waals surface area contributed by atoms with Crippen LogP contribution in [0.5, 0.6) is 5.75 Å². The lowest BCUT2D eigenvalue weighted by Gasteiger charge is -2.09. The lowest BCUT2D eigenvalue weighted by atomic mass is 10.2. The minimum absolute atomic E-state index is 0.0294. The second-order valence-electron chi connectivity index (χ2n) is 7.31. The molecule has 0 saturated carbocycles. The van der Waals surface area contributed by atoms with E-state index in [-0.39, 0.29) is 22.0 Å². The number of benzene rings is 2. The van der Waals surface area contributed by atoms with E-state index < -0.39 is 15.4 Å². The Hall–Kier alpha value is -4.45. The first-order valence-corrected chi connectivity index (χ1v) is 11.9. The molecule has 170 valence electrons. The van der Waals surface area contributed by atoms with Gasteiger partial charge in [-0.2, -0.15) is 4.52 Å². The molecule has 0 aliphatic rings. The number of aromatic nitrogens is 6. The molecule has 2 aromatic carbocycles. The molecule has 0 spiro atoms. The molecule has 5 rings (SSSR count). The van der Waals surface area contributed by atoms with Crippen molar-refractivity contribution in [3.05, 3.63) is 71.4 Å². The van der Waals surface area contributed by atoms with Crippen LogP contribution in [0.25, 0.3) is 27.9 Å². The van der Waals surface area contributed by atoms with Crippen molar-refractivity contribution in [2.24, 2.45) is 0 Å². The van der Waals surface area contributed by atoms with Gasteiger partial charge in [0, 0.05) is 29.6 Å². The van der Waals surface area contributed by atoms with Crippen LogP contribution in [0, 0.1) is 0 Å². The maximum absolute atomic E-state index is 12.4. The van der Waals surface area contributed by atoms with E-state index in [0.29, 0.717) is 28.2 Å². The molecule has 0 radical (unpaired) electrons. The first-order valence-electron chi connectivity index (χ1n) is 9.96. The first-order chi connectivity index (χ1) is 16.3. The highest BCUT2D eigenvalue weighted by atomic mass is 32.2. The molecule has 0 fully saturated rings. The number of sulfone groups is 1. The van der Waals surface area contributed by atoms with E-state index in [1.165, 1.54) is 29.2 Å². The maximum atomic E-state index is 12.4. The van der Waals surface area contributed by atoms with Crippen LogP contribution < -0.4 is 15.6 Å². The smallest absolute Gasteiger partial charge is 0.295 e. The summed E-state index contributed by atoms with van der Waals surface area (Å²) >= 11 is 0. The Kier molecular flexibility index (Phi) is 5.13. The van der Waals surface area contributed by atoms with Gasteiger partial charge < -0.3 is 10.1 Å². The normalized spacial score (nSPS) is 11.6. The second-order valence-corrected chi connectivity index (χ2v) is 9.29. The van der Waals surface area contributed by atoms with Crippen molar-refractivity contribution in [3.63, 3.8) is 0 Å². The number of para-hydroxylation sites is 1. The van der Waals surface area contributed by atoms with Crippen molar-refractivity contribution in [1.82, 2.24) is 29.5 Å². The molecular weight excluding hydrogens is 458 g/mol. The zero-order chi connectivity index (χ0) is 23.9. The van der Waals surface area contributed by atoms with Crippen molar-refractivity contribution >= 4 is 38.0 Å². The molecule has 0 unspecified atom stereocenters. The van der Waals surface area contributed by atoms with E-state index in [1.54, 1.807) is 43.5 Å². The zero-order valence-corrected chi connectivity index (χ0v) is 18.8. The summed E-state index contributed by atoms with van der Waals surface area (Å²) in [6.07, 6.45) is 5.05. The molecule has 3 aromatic heterocycles. The topological polar surface area (TPSA) is 141 Å². The Morgan fingerprint density at radius 2 is 1.82 bits per heavy atom. The molecule has 0 aliphatic carbocycles. The Balaban J connectivity index is 1.81. The van der Waals surface area contributed by atoms with Crippen molar-refractivity contribution in [2.75, 3.05) is 18.7 Å². The third-order valence-electron chi connectivity index (χ3n) is 5.04. The Labute approximate surface area is 193 Å². The fourth-order valence-corrected chi connectivity index (χ4v) is 4.27. The van der Waals surface area contributed by atoms with Crippen LogP contribution in [0.1, 0.15) is 0 Å². The molecular formula is C22H17N7O4S. The van der Waals surface area contributed by atoms with Gasteiger partial charge in [0.25, 0.3) is 5.56 Å². The fraction of sp³-hybridized carbons (Fsp3) is 0.0909. The number of fused-ring (bicyclic) bond motifs is 3. The van der Waals surface area contributed by atoms with Gasteiger partial charge in [-0.3, -0.25) is 9.78 Å². The number of anilines is 2. The monoisotopic (exact) mass is 475 g/mol. The molecule has 11 nitrogen and oxygen atoms in total. The summed E-state index contributed by atoms with van der Waals surface area (Å²) in [4.78, 5) is 29.3. The minimum Gasteiger partial charge on any atom is -0.497 e. The molecule has 0 amide bonds. The lowest BCUT2D eigenvalue weighted by molar-refractivity contribution is 0.415. The third-order valence-corrected chi connectivity index (χ3v) is 6.17. The molecule has 12 heteroatoms. The van der Waals surface area contributed by atoms with E-state index in [2.05, 4.69) is 30.4 Å². The van der Waals surface area contributed by atoms with Crippen molar-refractivity contribution in [2.45, 2.75) is 4.90 Å². The minimum atomic E-state index is -3.61. The summed E-state index contributed by atoms with van der Waals surface area (Å²) in [5.74, 6) is 1.14. The molecule has 0 saturated heterocycles. The summed E-state index contributed by atoms with van der Waals surface area (Å²) in [6.45, 7) is 0. The number of nitrogens with one attached hydrogen (secondary N) is 1. The lowest BCUT2D eigenvalue weighted by Crippen LogP contribution is -2.12. The molecule has 34 heavy (non-hydrogen) atoms. The van der Waals surface area contributed by atoms with Crippen LogP contribution in [-0.2, 0) is 9.84 Å². The summed E-state index contributed by atoms with van der Waals surface area (Å²) in [5.41, 5.74) is 0.734. The SMILES string of the molecule is COc1ccc(-c2nc3c4cccc(S(C)(=O)=O)c4nc(Nc4cnccnc4=O)n3n2)cc1. The van der Waals surface area contributed by atoms with Gasteiger partial charge in [-0.1, -0.05) is 6.07 Å². The van der Waals surface area contributed by atoms with Gasteiger partial charge in [0.1, 0.15) is 11.4 Å². The summed E-state index contributed by atoms with van der Waals surface area (Å²) in [6, 6.07) is 12.0. The standard InChI is InChI=1S/C22H17N7O4S/c1-33-14-8-6-13(7-9-14)19-27-20-15-4-3-5-17(34(2,31)32)18(15)26-22(29(20)28-19)25-16-12-23-10-11-24-21(16)30/h3-12H,1-2H3,(H,24,25,26,30). The van der Waals surface area contributed by atoms with Crippen LogP contribution in [0.15, 0.2) is 70.7 Å². The first kappa shape index (κ1) is 21.4. The van der Waals surface area contributed by atoms with Gasteiger partial charge in [-0.15, -0.1) is 5.10 Å². The maximum Gasteiger partial charge on any atom is 0.295 e. The summed E-state index contributed by atoms with van der Waals surface area (Å²) < 4.78 is 31.5. The van der Waals surface area contributed by atoms with E-state index in [9.17, 15) is 13.2 Å². The molecule has 1 N–H and O–H groups in total. The Morgan fingerprint density at radius 3 is 2.56 bits per heavy atom.